The first-order valence-electron chi connectivity index (χ1n) is 6.78. The molecular weight excluding hydrogens is 284 g/mol. The largest absolute Gasteiger partial charge is 0.344 e. The minimum Gasteiger partial charge on any atom is -0.344 e. The van der Waals surface area contributed by atoms with Crippen LogP contribution < -0.4 is 10.8 Å². The van der Waals surface area contributed by atoms with Gasteiger partial charge in [-0.25, -0.2) is 5.48 Å². The van der Waals surface area contributed by atoms with E-state index in [1.54, 1.807) is 47.5 Å². The van der Waals surface area contributed by atoms with E-state index in [0.717, 1.165) is 11.3 Å². The van der Waals surface area contributed by atoms with E-state index in [4.69, 9.17) is 5.21 Å². The van der Waals surface area contributed by atoms with Crippen LogP contribution in [0.2, 0.25) is 0 Å². The van der Waals surface area contributed by atoms with Crippen molar-refractivity contribution >= 4 is 11.8 Å². The molecule has 0 aliphatic carbocycles. The molecule has 2 aromatic rings. The number of carbonyl (C=O) groups excluding carboxylic acids is 2. The second-order valence-corrected chi connectivity index (χ2v) is 5.05. The van der Waals surface area contributed by atoms with E-state index in [1.807, 2.05) is 13.8 Å². The number of amides is 2. The number of hydroxylamine groups is 1. The van der Waals surface area contributed by atoms with E-state index in [-0.39, 0.29) is 11.9 Å². The molecule has 0 radical (unpaired) electrons. The van der Waals surface area contributed by atoms with Crippen LogP contribution >= 0.6 is 0 Å². The summed E-state index contributed by atoms with van der Waals surface area (Å²) in [6, 6.07) is 8.08. The number of nitrogens with one attached hydrogen (secondary N) is 2. The molecule has 0 aliphatic heterocycles. The van der Waals surface area contributed by atoms with Gasteiger partial charge in [-0.1, -0.05) is 12.1 Å². The van der Waals surface area contributed by atoms with E-state index in [1.165, 1.54) is 0 Å². The standard InChI is InChI=1S/C15H18N4O3/c1-9-8-13(17-19(9)3)15(21)16-10(2)11-4-6-12(7-5-11)14(20)18-22/h4-8,10,22H,1-3H3,(H,16,21)(H,18,20). The molecule has 0 saturated heterocycles. The summed E-state index contributed by atoms with van der Waals surface area (Å²) < 4.78 is 1.64. The Hall–Kier alpha value is -2.67. The molecule has 3 N–H and O–H groups in total. The van der Waals surface area contributed by atoms with E-state index in [9.17, 15) is 9.59 Å². The summed E-state index contributed by atoms with van der Waals surface area (Å²) in [5.74, 6) is -0.833. The van der Waals surface area contributed by atoms with Gasteiger partial charge in [0.25, 0.3) is 11.8 Å². The number of rotatable bonds is 4. The van der Waals surface area contributed by atoms with Gasteiger partial charge in [0.05, 0.1) is 6.04 Å². The van der Waals surface area contributed by atoms with Gasteiger partial charge in [0.15, 0.2) is 0 Å². The Morgan fingerprint density at radius 3 is 2.36 bits per heavy atom. The van der Waals surface area contributed by atoms with Crippen LogP contribution in [0.1, 0.15) is 45.1 Å². The van der Waals surface area contributed by atoms with Crippen molar-refractivity contribution in [3.8, 4) is 0 Å². The van der Waals surface area contributed by atoms with Crippen molar-refractivity contribution in [1.82, 2.24) is 20.6 Å². The SMILES string of the molecule is Cc1cc(C(=O)NC(C)c2ccc(C(=O)NO)cc2)nn1C. The summed E-state index contributed by atoms with van der Waals surface area (Å²) in [5, 5.41) is 15.6. The van der Waals surface area contributed by atoms with Gasteiger partial charge in [-0.15, -0.1) is 0 Å². The normalized spacial score (nSPS) is 11.8. The number of carbonyl (C=O) groups is 2. The van der Waals surface area contributed by atoms with Crippen LogP contribution in [0.4, 0.5) is 0 Å². The van der Waals surface area contributed by atoms with Crippen LogP contribution in [-0.2, 0) is 7.05 Å². The van der Waals surface area contributed by atoms with Gasteiger partial charge >= 0.3 is 0 Å². The molecule has 0 saturated carbocycles. The van der Waals surface area contributed by atoms with Crippen LogP contribution in [0.3, 0.4) is 0 Å². The molecule has 0 spiro atoms. The Labute approximate surface area is 127 Å². The maximum Gasteiger partial charge on any atom is 0.274 e. The number of aromatic nitrogens is 2. The van der Waals surface area contributed by atoms with Crippen LogP contribution in [-0.4, -0.2) is 26.8 Å². The monoisotopic (exact) mass is 302 g/mol. The van der Waals surface area contributed by atoms with Gasteiger partial charge in [-0.2, -0.15) is 5.10 Å². The molecule has 0 bridgehead atoms. The van der Waals surface area contributed by atoms with Gasteiger partial charge in [-0.3, -0.25) is 19.5 Å². The summed E-state index contributed by atoms with van der Waals surface area (Å²) in [7, 11) is 1.78. The summed E-state index contributed by atoms with van der Waals surface area (Å²) in [4.78, 5) is 23.4. The molecule has 1 heterocycles. The van der Waals surface area contributed by atoms with Gasteiger partial charge in [0.2, 0.25) is 0 Å². The second-order valence-electron chi connectivity index (χ2n) is 5.05. The first-order valence-corrected chi connectivity index (χ1v) is 6.78. The number of aryl methyl sites for hydroxylation is 2. The van der Waals surface area contributed by atoms with Crippen molar-refractivity contribution in [1.29, 1.82) is 0 Å². The maximum absolute atomic E-state index is 12.1. The molecule has 0 fully saturated rings. The van der Waals surface area contributed by atoms with Crippen molar-refractivity contribution in [3.05, 3.63) is 52.8 Å². The lowest BCUT2D eigenvalue weighted by molar-refractivity contribution is 0.0706. The molecule has 1 aromatic heterocycles. The lowest BCUT2D eigenvalue weighted by atomic mass is 10.1. The van der Waals surface area contributed by atoms with E-state index in [0.29, 0.717) is 11.3 Å². The van der Waals surface area contributed by atoms with Gasteiger partial charge in [0.1, 0.15) is 5.69 Å². The first kappa shape index (κ1) is 15.7. The van der Waals surface area contributed by atoms with E-state index in [2.05, 4.69) is 10.4 Å². The van der Waals surface area contributed by atoms with Crippen molar-refractivity contribution < 1.29 is 14.8 Å². The Morgan fingerprint density at radius 1 is 1.23 bits per heavy atom. The fraction of sp³-hybridized carbons (Fsp3) is 0.267. The summed E-state index contributed by atoms with van der Waals surface area (Å²) in [6.07, 6.45) is 0. The van der Waals surface area contributed by atoms with Crippen LogP contribution in [0.25, 0.3) is 0 Å². The molecule has 2 amide bonds. The Kier molecular flexibility index (Phi) is 4.57. The van der Waals surface area contributed by atoms with E-state index >= 15 is 0 Å². The molecule has 22 heavy (non-hydrogen) atoms. The minimum atomic E-state index is -0.577. The third-order valence-corrected chi connectivity index (χ3v) is 3.47. The van der Waals surface area contributed by atoms with Gasteiger partial charge in [0, 0.05) is 18.3 Å². The zero-order chi connectivity index (χ0) is 16.3. The van der Waals surface area contributed by atoms with E-state index < -0.39 is 5.91 Å². The highest BCUT2D eigenvalue weighted by Crippen LogP contribution is 2.14. The smallest absolute Gasteiger partial charge is 0.274 e. The molecule has 1 aromatic carbocycles. The van der Waals surface area contributed by atoms with Gasteiger partial charge < -0.3 is 5.32 Å². The topological polar surface area (TPSA) is 96.2 Å². The predicted octanol–water partition coefficient (Wildman–Crippen LogP) is 1.34. The maximum atomic E-state index is 12.1. The molecule has 1 atom stereocenters. The van der Waals surface area contributed by atoms with Crippen molar-refractivity contribution in [2.75, 3.05) is 0 Å². The zero-order valence-corrected chi connectivity index (χ0v) is 12.6. The highest BCUT2D eigenvalue weighted by Gasteiger charge is 2.15. The number of benzene rings is 1. The fourth-order valence-corrected chi connectivity index (χ4v) is 2.01. The number of nitrogens with zero attached hydrogens (tertiary/aromatic N) is 2. The summed E-state index contributed by atoms with van der Waals surface area (Å²) >= 11 is 0. The third kappa shape index (κ3) is 3.32. The Bertz CT molecular complexity index is 672. The summed E-state index contributed by atoms with van der Waals surface area (Å²) in [5.41, 5.74) is 4.02. The molecule has 7 nitrogen and oxygen atoms in total. The molecule has 116 valence electrons. The van der Waals surface area contributed by atoms with Crippen molar-refractivity contribution in [2.45, 2.75) is 19.9 Å². The predicted molar refractivity (Wildman–Crippen MR) is 79.5 cm³/mol. The lowest BCUT2D eigenvalue weighted by Crippen LogP contribution is -2.27. The van der Waals surface area contributed by atoms with Crippen molar-refractivity contribution in [2.24, 2.45) is 7.05 Å². The Balaban J connectivity index is 2.06. The Morgan fingerprint density at radius 2 is 1.86 bits per heavy atom. The van der Waals surface area contributed by atoms with Crippen LogP contribution in [0, 0.1) is 6.92 Å². The zero-order valence-electron chi connectivity index (χ0n) is 12.6. The quantitative estimate of drug-likeness (QED) is 0.586. The minimum absolute atomic E-state index is 0.235. The van der Waals surface area contributed by atoms with Crippen molar-refractivity contribution in [3.63, 3.8) is 0 Å². The van der Waals surface area contributed by atoms with Crippen LogP contribution in [0.15, 0.2) is 30.3 Å². The number of hydrogen-bond acceptors (Lipinski definition) is 4. The third-order valence-electron chi connectivity index (χ3n) is 3.47. The molecule has 1 unspecified atom stereocenters. The van der Waals surface area contributed by atoms with Gasteiger partial charge in [-0.05, 0) is 37.6 Å². The number of hydrogen-bond donors (Lipinski definition) is 3. The van der Waals surface area contributed by atoms with Crippen LogP contribution in [0.5, 0.6) is 0 Å². The second kappa shape index (κ2) is 6.40. The first-order chi connectivity index (χ1) is 10.4. The molecule has 0 aliphatic rings. The summed E-state index contributed by atoms with van der Waals surface area (Å²) in [6.45, 7) is 3.72. The molecule has 7 heteroatoms. The highest BCUT2D eigenvalue weighted by molar-refractivity contribution is 5.93. The molecule has 2 rings (SSSR count). The fourth-order valence-electron chi connectivity index (χ4n) is 2.01. The molecular formula is C15H18N4O3. The highest BCUT2D eigenvalue weighted by atomic mass is 16.5. The average Bonchev–Trinajstić information content (AvgIpc) is 2.86. The lowest BCUT2D eigenvalue weighted by Gasteiger charge is -2.13. The average molecular weight is 302 g/mol.